The highest BCUT2D eigenvalue weighted by atomic mass is 79.9. The summed E-state index contributed by atoms with van der Waals surface area (Å²) in [4.78, 5) is 0. The lowest BCUT2D eigenvalue weighted by Crippen LogP contribution is -2.07. The van der Waals surface area contributed by atoms with Gasteiger partial charge in [0.2, 0.25) is 0 Å². The number of hydrogen-bond acceptors (Lipinski definition) is 3. The molecule has 1 aromatic rings. The molecule has 0 heterocycles. The van der Waals surface area contributed by atoms with E-state index in [1.807, 2.05) is 6.07 Å². The van der Waals surface area contributed by atoms with E-state index in [0.717, 1.165) is 10.0 Å². The van der Waals surface area contributed by atoms with Crippen LogP contribution >= 0.6 is 15.9 Å². The van der Waals surface area contributed by atoms with Crippen molar-refractivity contribution in [1.29, 1.82) is 5.26 Å². The van der Waals surface area contributed by atoms with Gasteiger partial charge in [-0.2, -0.15) is 5.26 Å². The molecule has 1 atom stereocenters. The van der Waals surface area contributed by atoms with Gasteiger partial charge < -0.3 is 10.8 Å². The number of nitrogens with two attached hydrogens (primary N) is 1. The third kappa shape index (κ3) is 2.55. The first-order chi connectivity index (χ1) is 6.69. The van der Waals surface area contributed by atoms with Crippen molar-refractivity contribution >= 4 is 15.9 Å². The van der Waals surface area contributed by atoms with Gasteiger partial charge in [-0.15, -0.1) is 0 Å². The summed E-state index contributed by atoms with van der Waals surface area (Å²) < 4.78 is 0.803. The lowest BCUT2D eigenvalue weighted by atomic mass is 10.0. The van der Waals surface area contributed by atoms with Crippen LogP contribution in [0.1, 0.15) is 23.7 Å². The molecule has 0 saturated carbocycles. The summed E-state index contributed by atoms with van der Waals surface area (Å²) in [7, 11) is 0. The highest BCUT2D eigenvalue weighted by Crippen LogP contribution is 2.26. The van der Waals surface area contributed by atoms with E-state index in [-0.39, 0.29) is 0 Å². The first kappa shape index (κ1) is 11.2. The molecule has 74 valence electrons. The third-order valence-electron chi connectivity index (χ3n) is 1.92. The van der Waals surface area contributed by atoms with Crippen molar-refractivity contribution in [3.05, 3.63) is 33.8 Å². The van der Waals surface area contributed by atoms with Crippen LogP contribution in [0, 0.1) is 11.3 Å². The Morgan fingerprint density at radius 3 is 2.86 bits per heavy atom. The first-order valence-corrected chi connectivity index (χ1v) is 5.06. The fourth-order valence-electron chi connectivity index (χ4n) is 1.18. The predicted octanol–water partition coefficient (Wildman–Crippen LogP) is 1.70. The van der Waals surface area contributed by atoms with Crippen LogP contribution in [0.4, 0.5) is 0 Å². The fourth-order valence-corrected chi connectivity index (χ4v) is 1.69. The van der Waals surface area contributed by atoms with E-state index in [1.165, 1.54) is 0 Å². The van der Waals surface area contributed by atoms with Gasteiger partial charge in [-0.05, 0) is 36.7 Å². The van der Waals surface area contributed by atoms with Crippen molar-refractivity contribution < 1.29 is 5.11 Å². The topological polar surface area (TPSA) is 70.0 Å². The average Bonchev–Trinajstić information content (AvgIpc) is 2.19. The van der Waals surface area contributed by atoms with Crippen molar-refractivity contribution in [3.8, 4) is 6.07 Å². The molecule has 0 aliphatic heterocycles. The highest BCUT2D eigenvalue weighted by molar-refractivity contribution is 9.10. The second-order valence-electron chi connectivity index (χ2n) is 2.94. The Labute approximate surface area is 91.3 Å². The Kier molecular flexibility index (Phi) is 4.08. The standard InChI is InChI=1S/C10H11BrN2O/c11-9-2-1-7(6-13)5-8(9)10(14)3-4-12/h1-2,5,10,14H,3-4,12H2/t10-/m1/s1. The fraction of sp³-hybridized carbons (Fsp3) is 0.300. The Bertz CT molecular complexity index is 360. The second-order valence-corrected chi connectivity index (χ2v) is 3.80. The van der Waals surface area contributed by atoms with Gasteiger partial charge in [-0.25, -0.2) is 0 Å². The lowest BCUT2D eigenvalue weighted by molar-refractivity contribution is 0.169. The van der Waals surface area contributed by atoms with Crippen LogP contribution in [0.2, 0.25) is 0 Å². The number of nitriles is 1. The zero-order valence-corrected chi connectivity index (χ0v) is 9.16. The number of aliphatic hydroxyl groups is 1. The summed E-state index contributed by atoms with van der Waals surface area (Å²) in [6.45, 7) is 0.421. The maximum atomic E-state index is 9.70. The van der Waals surface area contributed by atoms with Crippen molar-refractivity contribution in [2.75, 3.05) is 6.54 Å². The normalized spacial score (nSPS) is 12.1. The molecule has 0 saturated heterocycles. The van der Waals surface area contributed by atoms with Gasteiger partial charge in [-0.1, -0.05) is 15.9 Å². The first-order valence-electron chi connectivity index (χ1n) is 4.26. The number of aliphatic hydroxyl groups excluding tert-OH is 1. The van der Waals surface area contributed by atoms with E-state index in [0.29, 0.717) is 18.5 Å². The maximum absolute atomic E-state index is 9.70. The number of rotatable bonds is 3. The molecule has 3 nitrogen and oxygen atoms in total. The third-order valence-corrected chi connectivity index (χ3v) is 2.65. The molecule has 0 aromatic heterocycles. The highest BCUT2D eigenvalue weighted by Gasteiger charge is 2.10. The Hall–Kier alpha value is -0.890. The van der Waals surface area contributed by atoms with Crippen LogP contribution in [-0.4, -0.2) is 11.7 Å². The molecule has 0 aliphatic carbocycles. The van der Waals surface area contributed by atoms with Crippen LogP contribution in [0.5, 0.6) is 0 Å². The number of benzene rings is 1. The van der Waals surface area contributed by atoms with Gasteiger partial charge in [-0.3, -0.25) is 0 Å². The Balaban J connectivity index is 3.01. The quantitative estimate of drug-likeness (QED) is 0.863. The minimum absolute atomic E-state index is 0.421. The predicted molar refractivity (Wildman–Crippen MR) is 57.5 cm³/mol. The van der Waals surface area contributed by atoms with E-state index < -0.39 is 6.10 Å². The van der Waals surface area contributed by atoms with Crippen molar-refractivity contribution in [2.24, 2.45) is 5.73 Å². The minimum Gasteiger partial charge on any atom is -0.388 e. The van der Waals surface area contributed by atoms with Crippen LogP contribution in [0.15, 0.2) is 22.7 Å². The number of nitrogens with zero attached hydrogens (tertiary/aromatic N) is 1. The van der Waals surface area contributed by atoms with Gasteiger partial charge in [0.15, 0.2) is 0 Å². The van der Waals surface area contributed by atoms with Crippen LogP contribution < -0.4 is 5.73 Å². The van der Waals surface area contributed by atoms with Gasteiger partial charge in [0, 0.05) is 4.47 Å². The summed E-state index contributed by atoms with van der Waals surface area (Å²) in [6.07, 6.45) is -0.115. The Morgan fingerprint density at radius 2 is 2.29 bits per heavy atom. The van der Waals surface area contributed by atoms with Crippen molar-refractivity contribution in [1.82, 2.24) is 0 Å². The molecule has 1 aromatic carbocycles. The molecule has 14 heavy (non-hydrogen) atoms. The molecule has 0 amide bonds. The zero-order valence-electron chi connectivity index (χ0n) is 7.57. The molecule has 0 spiro atoms. The van der Waals surface area contributed by atoms with Crippen LogP contribution in [0.3, 0.4) is 0 Å². The maximum Gasteiger partial charge on any atom is 0.0991 e. The van der Waals surface area contributed by atoms with E-state index in [4.69, 9.17) is 11.0 Å². The zero-order chi connectivity index (χ0) is 10.6. The molecule has 0 radical (unpaired) electrons. The van der Waals surface area contributed by atoms with E-state index in [2.05, 4.69) is 15.9 Å². The molecule has 4 heteroatoms. The summed E-state index contributed by atoms with van der Waals surface area (Å²) in [5.74, 6) is 0. The van der Waals surface area contributed by atoms with Crippen molar-refractivity contribution in [2.45, 2.75) is 12.5 Å². The summed E-state index contributed by atoms with van der Waals surface area (Å²) in [5, 5.41) is 18.4. The largest absolute Gasteiger partial charge is 0.388 e. The molecule has 0 bridgehead atoms. The van der Waals surface area contributed by atoms with E-state index in [9.17, 15) is 5.11 Å². The summed E-state index contributed by atoms with van der Waals surface area (Å²) in [5.41, 5.74) is 6.61. The summed E-state index contributed by atoms with van der Waals surface area (Å²) >= 11 is 3.32. The molecule has 3 N–H and O–H groups in total. The molecule has 1 rings (SSSR count). The van der Waals surface area contributed by atoms with Gasteiger partial charge in [0.1, 0.15) is 0 Å². The molecule has 0 fully saturated rings. The van der Waals surface area contributed by atoms with Gasteiger partial charge in [0.05, 0.1) is 17.7 Å². The number of halogens is 1. The van der Waals surface area contributed by atoms with Crippen LogP contribution in [0.25, 0.3) is 0 Å². The molecule has 0 aliphatic rings. The van der Waals surface area contributed by atoms with Crippen LogP contribution in [-0.2, 0) is 0 Å². The van der Waals surface area contributed by atoms with Gasteiger partial charge in [0.25, 0.3) is 0 Å². The lowest BCUT2D eigenvalue weighted by Gasteiger charge is -2.11. The van der Waals surface area contributed by atoms with E-state index in [1.54, 1.807) is 18.2 Å². The van der Waals surface area contributed by atoms with E-state index >= 15 is 0 Å². The SMILES string of the molecule is N#Cc1ccc(Br)c([C@H](O)CCN)c1. The number of hydrogen-bond donors (Lipinski definition) is 2. The molecular weight excluding hydrogens is 244 g/mol. The van der Waals surface area contributed by atoms with Crippen molar-refractivity contribution in [3.63, 3.8) is 0 Å². The minimum atomic E-state index is -0.609. The monoisotopic (exact) mass is 254 g/mol. The molecule has 0 unspecified atom stereocenters. The second kappa shape index (κ2) is 5.11. The average molecular weight is 255 g/mol. The smallest absolute Gasteiger partial charge is 0.0991 e. The summed E-state index contributed by atoms with van der Waals surface area (Å²) in [6, 6.07) is 7.15. The van der Waals surface area contributed by atoms with Gasteiger partial charge >= 0.3 is 0 Å². The molecular formula is C10H11BrN2O. The Morgan fingerprint density at radius 1 is 1.57 bits per heavy atom.